The number of methoxy groups -OCH3 is 1. The summed E-state index contributed by atoms with van der Waals surface area (Å²) in [6.45, 7) is 3.28. The van der Waals surface area contributed by atoms with Crippen LogP contribution in [0.15, 0.2) is 23.1 Å². The van der Waals surface area contributed by atoms with Gasteiger partial charge in [-0.3, -0.25) is 0 Å². The Morgan fingerprint density at radius 1 is 1.48 bits per heavy atom. The van der Waals surface area contributed by atoms with Crippen molar-refractivity contribution < 1.29 is 17.9 Å². The Hall–Kier alpha value is -1.15. The first-order chi connectivity index (χ1) is 9.97. The molecule has 2 rings (SSSR count). The normalized spacial score (nSPS) is 22.4. The van der Waals surface area contributed by atoms with E-state index in [0.29, 0.717) is 18.9 Å². The molecule has 1 heterocycles. The van der Waals surface area contributed by atoms with Gasteiger partial charge in [-0.05, 0) is 31.0 Å². The molecule has 0 radical (unpaired) electrons. The van der Waals surface area contributed by atoms with E-state index in [2.05, 4.69) is 4.72 Å². The lowest BCUT2D eigenvalue weighted by Gasteiger charge is -2.16. The number of rotatable bonds is 6. The van der Waals surface area contributed by atoms with Crippen LogP contribution in [-0.4, -0.2) is 34.8 Å². The maximum Gasteiger partial charge on any atom is 0.244 e. The Balaban J connectivity index is 2.18. The van der Waals surface area contributed by atoms with Crippen LogP contribution in [-0.2, 0) is 21.3 Å². The van der Waals surface area contributed by atoms with Crippen molar-refractivity contribution >= 4 is 10.0 Å². The number of nitrogens with two attached hydrogens (primary N) is 1. The molecule has 0 aliphatic carbocycles. The monoisotopic (exact) mass is 314 g/mol. The van der Waals surface area contributed by atoms with Crippen LogP contribution in [0.4, 0.5) is 0 Å². The average Bonchev–Trinajstić information content (AvgIpc) is 2.90. The molecule has 0 spiro atoms. The van der Waals surface area contributed by atoms with E-state index in [1.807, 2.05) is 6.92 Å². The number of hydrogen-bond donors (Lipinski definition) is 2. The van der Waals surface area contributed by atoms with Gasteiger partial charge in [0.25, 0.3) is 0 Å². The molecular weight excluding hydrogens is 292 g/mol. The van der Waals surface area contributed by atoms with Gasteiger partial charge < -0.3 is 15.2 Å². The van der Waals surface area contributed by atoms with Gasteiger partial charge >= 0.3 is 0 Å². The molecule has 1 aliphatic rings. The van der Waals surface area contributed by atoms with Crippen molar-refractivity contribution in [1.29, 1.82) is 0 Å². The predicted octanol–water partition coefficient (Wildman–Crippen LogP) is 0.857. The summed E-state index contributed by atoms with van der Waals surface area (Å²) in [5.41, 5.74) is 6.32. The quantitative estimate of drug-likeness (QED) is 0.812. The molecule has 0 bridgehead atoms. The Morgan fingerprint density at radius 3 is 2.81 bits per heavy atom. The highest BCUT2D eigenvalue weighted by Crippen LogP contribution is 2.26. The van der Waals surface area contributed by atoms with Crippen molar-refractivity contribution in [2.24, 2.45) is 11.7 Å². The van der Waals surface area contributed by atoms with Gasteiger partial charge in [-0.15, -0.1) is 0 Å². The minimum atomic E-state index is -3.63. The van der Waals surface area contributed by atoms with Crippen molar-refractivity contribution in [3.8, 4) is 5.75 Å². The Morgan fingerprint density at radius 2 is 2.24 bits per heavy atom. The number of benzene rings is 1. The number of hydrogen-bond acceptors (Lipinski definition) is 5. The summed E-state index contributed by atoms with van der Waals surface area (Å²) < 4.78 is 38.2. The summed E-state index contributed by atoms with van der Waals surface area (Å²) in [6.07, 6.45) is 0.939. The van der Waals surface area contributed by atoms with Gasteiger partial charge in [0.15, 0.2) is 0 Å². The molecular formula is C14H22N2O4S. The van der Waals surface area contributed by atoms with Gasteiger partial charge in [-0.25, -0.2) is 13.1 Å². The third kappa shape index (κ3) is 3.74. The molecule has 2 atom stereocenters. The number of ether oxygens (including phenoxy) is 2. The summed E-state index contributed by atoms with van der Waals surface area (Å²) in [6, 6.07) is 4.93. The zero-order chi connectivity index (χ0) is 15.5. The zero-order valence-corrected chi connectivity index (χ0v) is 13.2. The second-order valence-electron chi connectivity index (χ2n) is 5.17. The maximum atomic E-state index is 12.5. The molecule has 6 nitrogen and oxygen atoms in total. The van der Waals surface area contributed by atoms with Crippen molar-refractivity contribution in [2.45, 2.75) is 30.9 Å². The van der Waals surface area contributed by atoms with Gasteiger partial charge in [-0.1, -0.05) is 6.07 Å². The highest BCUT2D eigenvalue weighted by molar-refractivity contribution is 7.89. The molecule has 0 saturated carbocycles. The third-order valence-electron chi connectivity index (χ3n) is 3.82. The molecule has 1 fully saturated rings. The number of nitrogens with one attached hydrogen (secondary N) is 1. The van der Waals surface area contributed by atoms with Crippen LogP contribution >= 0.6 is 0 Å². The van der Waals surface area contributed by atoms with Crippen LogP contribution in [0.5, 0.6) is 5.75 Å². The topological polar surface area (TPSA) is 90.7 Å². The van der Waals surface area contributed by atoms with Gasteiger partial charge in [0.05, 0.1) is 13.2 Å². The fourth-order valence-corrected chi connectivity index (χ4v) is 3.71. The summed E-state index contributed by atoms with van der Waals surface area (Å²) >= 11 is 0. The van der Waals surface area contributed by atoms with Crippen molar-refractivity contribution in [3.63, 3.8) is 0 Å². The molecule has 1 saturated heterocycles. The van der Waals surface area contributed by atoms with Crippen LogP contribution < -0.4 is 15.2 Å². The smallest absolute Gasteiger partial charge is 0.244 e. The maximum absolute atomic E-state index is 12.5. The number of sulfonamides is 1. The Bertz CT molecular complexity index is 589. The highest BCUT2D eigenvalue weighted by atomic mass is 32.2. The second kappa shape index (κ2) is 6.74. The minimum Gasteiger partial charge on any atom is -0.495 e. The first-order valence-electron chi connectivity index (χ1n) is 6.96. The predicted molar refractivity (Wildman–Crippen MR) is 79.6 cm³/mol. The summed E-state index contributed by atoms with van der Waals surface area (Å²) in [4.78, 5) is 0.125. The summed E-state index contributed by atoms with van der Waals surface area (Å²) in [5.74, 6) is 0.513. The minimum absolute atomic E-state index is 0.0740. The first kappa shape index (κ1) is 16.2. The van der Waals surface area contributed by atoms with Crippen LogP contribution in [0.3, 0.4) is 0 Å². The lowest BCUT2D eigenvalue weighted by atomic mass is 10.0. The summed E-state index contributed by atoms with van der Waals surface area (Å²) in [7, 11) is -2.18. The van der Waals surface area contributed by atoms with Crippen molar-refractivity contribution in [2.75, 3.05) is 20.3 Å². The molecule has 2 unspecified atom stereocenters. The molecule has 1 aromatic rings. The van der Waals surface area contributed by atoms with E-state index in [4.69, 9.17) is 15.2 Å². The molecule has 0 amide bonds. The molecule has 0 aromatic heterocycles. The van der Waals surface area contributed by atoms with Gasteiger partial charge in [-0.2, -0.15) is 0 Å². The van der Waals surface area contributed by atoms with Crippen molar-refractivity contribution in [1.82, 2.24) is 4.72 Å². The Labute approximate surface area is 125 Å². The third-order valence-corrected chi connectivity index (χ3v) is 5.27. The molecule has 21 heavy (non-hydrogen) atoms. The molecule has 3 N–H and O–H groups in total. The molecule has 1 aromatic carbocycles. The second-order valence-corrected chi connectivity index (χ2v) is 6.90. The van der Waals surface area contributed by atoms with Gasteiger partial charge in [0.1, 0.15) is 10.6 Å². The van der Waals surface area contributed by atoms with Crippen LogP contribution in [0, 0.1) is 5.92 Å². The van der Waals surface area contributed by atoms with E-state index in [1.165, 1.54) is 7.11 Å². The van der Waals surface area contributed by atoms with Crippen LogP contribution in [0.25, 0.3) is 0 Å². The first-order valence-corrected chi connectivity index (χ1v) is 8.44. The van der Waals surface area contributed by atoms with E-state index in [0.717, 1.165) is 12.0 Å². The molecule has 118 valence electrons. The van der Waals surface area contributed by atoms with Crippen LogP contribution in [0.1, 0.15) is 18.9 Å². The van der Waals surface area contributed by atoms with Gasteiger partial charge in [0, 0.05) is 25.6 Å². The average molecular weight is 314 g/mol. The largest absolute Gasteiger partial charge is 0.495 e. The standard InChI is InChI=1S/C14H22N2O4S/c1-10-12(5-6-20-10)9-16-21(17,18)14-7-11(8-15)3-4-13(14)19-2/h3-4,7,10,12,16H,5-6,8-9,15H2,1-2H3. The molecule has 7 heteroatoms. The van der Waals surface area contributed by atoms with Gasteiger partial charge in [0.2, 0.25) is 10.0 Å². The lowest BCUT2D eigenvalue weighted by molar-refractivity contribution is 0.107. The van der Waals surface area contributed by atoms with E-state index < -0.39 is 10.0 Å². The summed E-state index contributed by atoms with van der Waals surface area (Å²) in [5, 5.41) is 0. The van der Waals surface area contributed by atoms with E-state index >= 15 is 0 Å². The lowest BCUT2D eigenvalue weighted by Crippen LogP contribution is -2.32. The van der Waals surface area contributed by atoms with E-state index in [1.54, 1.807) is 18.2 Å². The van der Waals surface area contributed by atoms with E-state index in [-0.39, 0.29) is 23.5 Å². The Kier molecular flexibility index (Phi) is 5.21. The zero-order valence-electron chi connectivity index (χ0n) is 12.3. The fraction of sp³-hybridized carbons (Fsp3) is 0.571. The van der Waals surface area contributed by atoms with Crippen molar-refractivity contribution in [3.05, 3.63) is 23.8 Å². The van der Waals surface area contributed by atoms with Crippen LogP contribution in [0.2, 0.25) is 0 Å². The highest BCUT2D eigenvalue weighted by Gasteiger charge is 2.27. The molecule has 1 aliphatic heterocycles. The van der Waals surface area contributed by atoms with E-state index in [9.17, 15) is 8.42 Å². The SMILES string of the molecule is COc1ccc(CN)cc1S(=O)(=O)NCC1CCOC1C. The fourth-order valence-electron chi connectivity index (χ4n) is 2.40.